The van der Waals surface area contributed by atoms with Gasteiger partial charge in [0.05, 0.1) is 34.2 Å². The maximum absolute atomic E-state index is 14.6. The van der Waals surface area contributed by atoms with Crippen LogP contribution >= 0.6 is 0 Å². The molecule has 0 radical (unpaired) electrons. The van der Waals surface area contributed by atoms with Crippen LogP contribution in [0.2, 0.25) is 0 Å². The van der Waals surface area contributed by atoms with E-state index in [9.17, 15) is 18.7 Å². The highest BCUT2D eigenvalue weighted by atomic mass is 19.1. The molecule has 3 aromatic rings. The van der Waals surface area contributed by atoms with E-state index in [1.165, 1.54) is 24.4 Å². The van der Waals surface area contributed by atoms with Crippen molar-refractivity contribution in [2.45, 2.75) is 78.7 Å². The van der Waals surface area contributed by atoms with Gasteiger partial charge in [0.25, 0.3) is 5.91 Å². The van der Waals surface area contributed by atoms with E-state index < -0.39 is 29.1 Å². The van der Waals surface area contributed by atoms with Crippen molar-refractivity contribution in [3.8, 4) is 11.3 Å². The first-order valence-electron chi connectivity index (χ1n) is 12.9. The number of aliphatic hydroxyl groups is 1. The Labute approximate surface area is 223 Å². The fraction of sp³-hybridized carbons (Fsp3) is 0.483. The summed E-state index contributed by atoms with van der Waals surface area (Å²) in [6.07, 6.45) is 2.18. The number of carbonyl (C=O) groups is 1. The van der Waals surface area contributed by atoms with Crippen LogP contribution in [0.25, 0.3) is 11.3 Å². The van der Waals surface area contributed by atoms with Crippen LogP contribution in [0.5, 0.6) is 0 Å². The molecule has 7 nitrogen and oxygen atoms in total. The Bertz CT molecular complexity index is 1270. The molecule has 9 heteroatoms. The van der Waals surface area contributed by atoms with Crippen LogP contribution in [-0.4, -0.2) is 43.8 Å². The van der Waals surface area contributed by atoms with Gasteiger partial charge >= 0.3 is 0 Å². The third-order valence-electron chi connectivity index (χ3n) is 6.57. The fourth-order valence-electron chi connectivity index (χ4n) is 4.75. The van der Waals surface area contributed by atoms with Crippen LogP contribution in [0, 0.1) is 17.0 Å². The third-order valence-corrected chi connectivity index (χ3v) is 6.57. The second-order valence-electron chi connectivity index (χ2n) is 11.3. The van der Waals surface area contributed by atoms with Crippen LogP contribution in [0.15, 0.2) is 36.5 Å². The lowest BCUT2D eigenvalue weighted by atomic mass is 9.69. The predicted octanol–water partition coefficient (Wildman–Crippen LogP) is 5.58. The largest absolute Gasteiger partial charge is 0.392 e. The lowest BCUT2D eigenvalue weighted by Gasteiger charge is -2.36. The minimum Gasteiger partial charge on any atom is -0.392 e. The van der Waals surface area contributed by atoms with Gasteiger partial charge in [-0.2, -0.15) is 5.10 Å². The molecule has 1 amide bonds. The second-order valence-corrected chi connectivity index (χ2v) is 11.3. The van der Waals surface area contributed by atoms with Crippen LogP contribution < -0.4 is 5.32 Å². The monoisotopic (exact) mass is 525 g/mol. The highest BCUT2D eigenvalue weighted by Crippen LogP contribution is 2.44. The Morgan fingerprint density at radius 2 is 1.74 bits per heavy atom. The van der Waals surface area contributed by atoms with E-state index in [1.807, 2.05) is 20.8 Å². The molecule has 1 aromatic carbocycles. The molecule has 0 unspecified atom stereocenters. The fourth-order valence-corrected chi connectivity index (χ4v) is 4.75. The highest BCUT2D eigenvalue weighted by Gasteiger charge is 2.40. The zero-order valence-electron chi connectivity index (χ0n) is 23.1. The van der Waals surface area contributed by atoms with Crippen LogP contribution in [-0.2, 0) is 5.41 Å². The maximum atomic E-state index is 14.6. The number of aromatic nitrogens is 4. The number of carbonyl (C=O) groups excluding carboxylic acids is 1. The Morgan fingerprint density at radius 3 is 2.32 bits per heavy atom. The van der Waals surface area contributed by atoms with E-state index >= 15 is 0 Å². The molecule has 0 aliphatic heterocycles. The molecule has 0 bridgehead atoms. The quantitative estimate of drug-likeness (QED) is 0.378. The molecule has 0 fully saturated rings. The molecule has 2 N–H and O–H groups in total. The second kappa shape index (κ2) is 11.6. The zero-order chi connectivity index (χ0) is 28.3. The van der Waals surface area contributed by atoms with Crippen LogP contribution in [0.1, 0.15) is 94.8 Å². The van der Waals surface area contributed by atoms with E-state index in [4.69, 9.17) is 0 Å². The molecular weight excluding hydrogens is 488 g/mol. The van der Waals surface area contributed by atoms with Gasteiger partial charge in [0.2, 0.25) is 5.82 Å². The van der Waals surface area contributed by atoms with Crippen LogP contribution in [0.3, 0.4) is 0 Å². The highest BCUT2D eigenvalue weighted by molar-refractivity contribution is 5.90. The number of rotatable bonds is 9. The number of nitrogens with zero attached hydrogens (tertiary/aromatic N) is 4. The van der Waals surface area contributed by atoms with E-state index in [0.29, 0.717) is 17.8 Å². The van der Waals surface area contributed by atoms with E-state index in [-0.39, 0.29) is 35.0 Å². The van der Waals surface area contributed by atoms with E-state index in [0.717, 1.165) is 12.0 Å². The van der Waals surface area contributed by atoms with Crippen molar-refractivity contribution in [2.24, 2.45) is 5.41 Å². The number of amides is 1. The molecule has 3 rings (SSSR count). The van der Waals surface area contributed by atoms with Crippen molar-refractivity contribution in [3.63, 3.8) is 0 Å². The molecular formula is C29H37F2N5O2. The number of hydrogen-bond acceptors (Lipinski definition) is 6. The number of halogens is 2. The number of aliphatic hydroxyl groups excluding tert-OH is 1. The molecule has 3 atom stereocenters. The molecule has 0 aliphatic carbocycles. The van der Waals surface area contributed by atoms with Gasteiger partial charge in [-0.25, -0.2) is 18.7 Å². The lowest BCUT2D eigenvalue weighted by molar-refractivity contribution is 0.0913. The summed E-state index contributed by atoms with van der Waals surface area (Å²) in [7, 11) is 0. The number of benzene rings is 1. The smallest absolute Gasteiger partial charge is 0.289 e. The predicted molar refractivity (Wildman–Crippen MR) is 143 cm³/mol. The molecule has 0 saturated carbocycles. The Kier molecular flexibility index (Phi) is 8.92. The van der Waals surface area contributed by atoms with Crippen molar-refractivity contribution in [2.75, 3.05) is 6.54 Å². The minimum absolute atomic E-state index is 0.00373. The number of nitrogens with one attached hydrogen (secondary N) is 1. The third kappa shape index (κ3) is 6.56. The zero-order valence-corrected chi connectivity index (χ0v) is 23.1. The van der Waals surface area contributed by atoms with Gasteiger partial charge in [-0.1, -0.05) is 40.7 Å². The molecule has 0 spiro atoms. The van der Waals surface area contributed by atoms with Gasteiger partial charge in [0.1, 0.15) is 11.6 Å². The average Bonchev–Trinajstić information content (AvgIpc) is 2.85. The normalized spacial score (nSPS) is 15.0. The average molecular weight is 526 g/mol. The summed E-state index contributed by atoms with van der Waals surface area (Å²) >= 11 is 0. The van der Waals surface area contributed by atoms with E-state index in [2.05, 4.69) is 46.3 Å². The Balaban J connectivity index is 2.22. The molecule has 0 saturated heterocycles. The van der Waals surface area contributed by atoms with Crippen molar-refractivity contribution < 1.29 is 18.7 Å². The summed E-state index contributed by atoms with van der Waals surface area (Å²) in [6.45, 7) is 14.0. The molecule has 0 aliphatic rings. The van der Waals surface area contributed by atoms with E-state index in [1.54, 1.807) is 19.1 Å². The Hall–Kier alpha value is -3.33. The van der Waals surface area contributed by atoms with Crippen molar-refractivity contribution in [1.29, 1.82) is 0 Å². The maximum Gasteiger partial charge on any atom is 0.289 e. The summed E-state index contributed by atoms with van der Waals surface area (Å²) in [5.74, 6) is -1.92. The molecule has 2 aromatic heterocycles. The molecule has 204 valence electrons. The van der Waals surface area contributed by atoms with Gasteiger partial charge in [-0.05, 0) is 67.9 Å². The van der Waals surface area contributed by atoms with Crippen molar-refractivity contribution >= 4 is 5.91 Å². The summed E-state index contributed by atoms with van der Waals surface area (Å²) in [6, 6.07) is 7.19. The van der Waals surface area contributed by atoms with Gasteiger partial charge in [-0.3, -0.25) is 4.79 Å². The van der Waals surface area contributed by atoms with Gasteiger partial charge in [0, 0.05) is 12.7 Å². The number of hydrogen-bond donors (Lipinski definition) is 2. The first-order valence-corrected chi connectivity index (χ1v) is 12.9. The van der Waals surface area contributed by atoms with Crippen molar-refractivity contribution in [3.05, 3.63) is 70.9 Å². The van der Waals surface area contributed by atoms with Crippen molar-refractivity contribution in [1.82, 2.24) is 25.5 Å². The first-order chi connectivity index (χ1) is 17.8. The van der Waals surface area contributed by atoms with Gasteiger partial charge in [-0.15, -0.1) is 5.10 Å². The summed E-state index contributed by atoms with van der Waals surface area (Å²) in [4.78, 5) is 21.5. The Morgan fingerprint density at radius 1 is 1.08 bits per heavy atom. The van der Waals surface area contributed by atoms with Gasteiger partial charge in [0.15, 0.2) is 0 Å². The summed E-state index contributed by atoms with van der Waals surface area (Å²) in [5.41, 5.74) is 0.944. The molecule has 2 heterocycles. The summed E-state index contributed by atoms with van der Waals surface area (Å²) in [5, 5.41) is 21.1. The summed E-state index contributed by atoms with van der Waals surface area (Å²) < 4.78 is 29.3. The minimum atomic E-state index is -0.807. The standard InChI is InChI=1S/C29H37F2N5O2/c1-8-17(2)19-14-22(24-20(30)10-9-11-21(24)31)35-36-25(19)29(7,16-28(4,5)6)23-12-13-32-26(34-23)27(38)33-15-18(3)37/h9-14,17-18,37H,8,15-16H2,1-7H3,(H,33,38)/t17-,18+,29-/m0/s1. The lowest BCUT2D eigenvalue weighted by Crippen LogP contribution is -2.35. The SMILES string of the molecule is CC[C@H](C)c1cc(-c2c(F)cccc2F)nnc1[C@@](C)(CC(C)(C)C)c1ccnc(C(=O)NC[C@@H](C)O)n1. The van der Waals surface area contributed by atoms with Gasteiger partial charge < -0.3 is 10.4 Å². The molecule has 38 heavy (non-hydrogen) atoms. The first kappa shape index (κ1) is 29.2. The topological polar surface area (TPSA) is 101 Å². The van der Waals surface area contributed by atoms with Crippen LogP contribution in [0.4, 0.5) is 8.78 Å².